The molecule has 1 aromatic carbocycles. The van der Waals surface area contributed by atoms with Crippen LogP contribution < -0.4 is 16.4 Å². The molecular weight excluding hydrogens is 396 g/mol. The first-order valence-electron chi connectivity index (χ1n) is 9.47. The van der Waals surface area contributed by atoms with Crippen LogP contribution in [-0.2, 0) is 14.6 Å². The zero-order valence-electron chi connectivity index (χ0n) is 16.8. The third kappa shape index (κ3) is 5.86. The Morgan fingerprint density at radius 2 is 1.76 bits per heavy atom. The summed E-state index contributed by atoms with van der Waals surface area (Å²) in [5, 5.41) is 4.79. The van der Waals surface area contributed by atoms with E-state index in [9.17, 15) is 22.8 Å². The summed E-state index contributed by atoms with van der Waals surface area (Å²) in [4.78, 5) is 37.0. The quantitative estimate of drug-likeness (QED) is 0.488. The molecule has 2 rings (SSSR count). The van der Waals surface area contributed by atoms with Gasteiger partial charge >= 0.3 is 0 Å². The van der Waals surface area contributed by atoms with E-state index < -0.39 is 27.4 Å². The van der Waals surface area contributed by atoms with Crippen LogP contribution in [0.5, 0.6) is 0 Å². The van der Waals surface area contributed by atoms with Gasteiger partial charge in [-0.15, -0.1) is 0 Å². The van der Waals surface area contributed by atoms with Crippen molar-refractivity contribution in [3.8, 4) is 0 Å². The predicted molar refractivity (Wildman–Crippen MR) is 110 cm³/mol. The van der Waals surface area contributed by atoms with E-state index in [1.165, 1.54) is 4.68 Å². The topological polar surface area (TPSA) is 127 Å². The minimum absolute atomic E-state index is 0.0417. The molecule has 1 heterocycles. The van der Waals surface area contributed by atoms with Crippen molar-refractivity contribution in [1.29, 1.82) is 0 Å². The summed E-state index contributed by atoms with van der Waals surface area (Å²) in [6.45, 7) is 5.47. The molecular formula is C19H26N4O5S. The van der Waals surface area contributed by atoms with E-state index >= 15 is 0 Å². The molecule has 0 saturated heterocycles. The smallest absolute Gasteiger partial charge is 0.272 e. The first-order valence-corrected chi connectivity index (χ1v) is 11.3. The molecule has 0 saturated carbocycles. The third-order valence-electron chi connectivity index (χ3n) is 4.26. The highest BCUT2D eigenvalue weighted by Gasteiger charge is 2.20. The molecule has 9 nitrogen and oxygen atoms in total. The Morgan fingerprint density at radius 3 is 2.38 bits per heavy atom. The first kappa shape index (κ1) is 22.5. The Kier molecular flexibility index (Phi) is 7.49. The molecule has 0 fully saturated rings. The molecule has 1 aromatic heterocycles. The fraction of sp³-hybridized carbons (Fsp3) is 0.474. The number of hydrazine groups is 1. The highest BCUT2D eigenvalue weighted by atomic mass is 32.2. The van der Waals surface area contributed by atoms with Crippen molar-refractivity contribution < 1.29 is 18.0 Å². The van der Waals surface area contributed by atoms with Gasteiger partial charge in [-0.3, -0.25) is 25.2 Å². The lowest BCUT2D eigenvalue weighted by Crippen LogP contribution is -2.45. The Bertz CT molecular complexity index is 1060. The summed E-state index contributed by atoms with van der Waals surface area (Å²) >= 11 is 0. The highest BCUT2D eigenvalue weighted by Crippen LogP contribution is 2.14. The number of rotatable bonds is 8. The van der Waals surface area contributed by atoms with E-state index in [1.54, 1.807) is 38.1 Å². The lowest BCUT2D eigenvalue weighted by Gasteiger charge is -2.13. The number of carbonyl (C=O) groups excluding carboxylic acids is 2. The van der Waals surface area contributed by atoms with Crippen LogP contribution in [-0.4, -0.2) is 41.5 Å². The van der Waals surface area contributed by atoms with Crippen LogP contribution in [0.2, 0.25) is 0 Å². The second-order valence-electron chi connectivity index (χ2n) is 7.04. The molecule has 0 unspecified atom stereocenters. The molecule has 2 N–H and O–H groups in total. The fourth-order valence-electron chi connectivity index (χ4n) is 2.79. The van der Waals surface area contributed by atoms with E-state index in [-0.39, 0.29) is 23.0 Å². The summed E-state index contributed by atoms with van der Waals surface area (Å²) in [5.41, 5.74) is 3.93. The van der Waals surface area contributed by atoms with E-state index in [0.29, 0.717) is 17.2 Å². The number of hydrogen-bond acceptors (Lipinski definition) is 6. The number of nitrogens with one attached hydrogen (secondary N) is 2. The number of sulfone groups is 1. The normalized spacial score (nSPS) is 11.6. The van der Waals surface area contributed by atoms with Gasteiger partial charge in [0.15, 0.2) is 15.5 Å². The SMILES string of the molecule is CCCCCS(=O)(=O)CC(=O)NNC(=O)c1nn(C(C)C)c(=O)c2ccccc12. The molecule has 29 heavy (non-hydrogen) atoms. The standard InChI is InChI=1S/C19H26N4O5S/c1-4-5-8-11-29(27,28)12-16(24)20-21-18(25)17-14-9-6-7-10-15(14)19(26)23(22-17)13(2)3/h6-7,9-10,13H,4-5,8,11-12H2,1-3H3,(H,20,24)(H,21,25). The average molecular weight is 423 g/mol. The molecule has 0 aliphatic rings. The van der Waals surface area contributed by atoms with Gasteiger partial charge in [0.2, 0.25) is 0 Å². The third-order valence-corrected chi connectivity index (χ3v) is 5.87. The van der Waals surface area contributed by atoms with Crippen molar-refractivity contribution in [3.63, 3.8) is 0 Å². The first-order chi connectivity index (χ1) is 13.7. The van der Waals surface area contributed by atoms with Gasteiger partial charge in [-0.05, 0) is 26.3 Å². The van der Waals surface area contributed by atoms with Gasteiger partial charge in [0.25, 0.3) is 17.4 Å². The predicted octanol–water partition coefficient (Wildman–Crippen LogP) is 1.34. The summed E-state index contributed by atoms with van der Waals surface area (Å²) in [5.74, 6) is -2.37. The summed E-state index contributed by atoms with van der Waals surface area (Å²) < 4.78 is 25.1. The Hall–Kier alpha value is -2.75. The monoisotopic (exact) mass is 422 g/mol. The molecule has 0 radical (unpaired) electrons. The molecule has 2 aromatic rings. The Morgan fingerprint density at radius 1 is 1.10 bits per heavy atom. The van der Waals surface area contributed by atoms with Gasteiger partial charge < -0.3 is 0 Å². The molecule has 2 amide bonds. The molecule has 158 valence electrons. The van der Waals surface area contributed by atoms with Gasteiger partial charge in [0.05, 0.1) is 17.2 Å². The van der Waals surface area contributed by atoms with Gasteiger partial charge in [-0.25, -0.2) is 13.1 Å². The maximum Gasteiger partial charge on any atom is 0.290 e. The van der Waals surface area contributed by atoms with Crippen molar-refractivity contribution in [2.45, 2.75) is 46.1 Å². The molecule has 0 atom stereocenters. The van der Waals surface area contributed by atoms with Crippen LogP contribution in [0.4, 0.5) is 0 Å². The lowest BCUT2D eigenvalue weighted by atomic mass is 10.1. The molecule has 10 heteroatoms. The van der Waals surface area contributed by atoms with Crippen molar-refractivity contribution in [2.24, 2.45) is 0 Å². The van der Waals surface area contributed by atoms with Crippen molar-refractivity contribution >= 4 is 32.4 Å². The maximum atomic E-state index is 12.6. The molecule has 0 aliphatic carbocycles. The second-order valence-corrected chi connectivity index (χ2v) is 9.22. The Labute approximate surface area is 169 Å². The van der Waals surface area contributed by atoms with Crippen molar-refractivity contribution in [2.75, 3.05) is 11.5 Å². The van der Waals surface area contributed by atoms with Crippen molar-refractivity contribution in [3.05, 3.63) is 40.3 Å². The van der Waals surface area contributed by atoms with Crippen LogP contribution >= 0.6 is 0 Å². The van der Waals surface area contributed by atoms with Crippen LogP contribution in [0.1, 0.15) is 56.6 Å². The number of nitrogens with zero attached hydrogens (tertiary/aromatic N) is 2. The lowest BCUT2D eigenvalue weighted by molar-refractivity contribution is -0.119. The zero-order valence-corrected chi connectivity index (χ0v) is 17.6. The number of aromatic nitrogens is 2. The van der Waals surface area contributed by atoms with Gasteiger partial charge in [0.1, 0.15) is 5.75 Å². The number of amides is 2. The van der Waals surface area contributed by atoms with Crippen LogP contribution in [0, 0.1) is 0 Å². The van der Waals surface area contributed by atoms with Crippen molar-refractivity contribution in [1.82, 2.24) is 20.6 Å². The Balaban J connectivity index is 2.15. The second kappa shape index (κ2) is 9.64. The summed E-state index contributed by atoms with van der Waals surface area (Å²) in [7, 11) is -3.55. The number of unbranched alkanes of at least 4 members (excludes halogenated alkanes) is 2. The van der Waals surface area contributed by atoms with E-state index in [4.69, 9.17) is 0 Å². The van der Waals surface area contributed by atoms with E-state index in [2.05, 4.69) is 16.0 Å². The largest absolute Gasteiger partial charge is 0.290 e. The maximum absolute atomic E-state index is 12.6. The van der Waals surface area contributed by atoms with Gasteiger partial charge in [0, 0.05) is 5.39 Å². The van der Waals surface area contributed by atoms with Gasteiger partial charge in [-0.2, -0.15) is 5.10 Å². The zero-order chi connectivity index (χ0) is 21.6. The minimum atomic E-state index is -3.55. The van der Waals surface area contributed by atoms with E-state index in [0.717, 1.165) is 12.8 Å². The van der Waals surface area contributed by atoms with E-state index in [1.807, 2.05) is 6.92 Å². The summed E-state index contributed by atoms with van der Waals surface area (Å²) in [6, 6.07) is 6.25. The van der Waals surface area contributed by atoms with Gasteiger partial charge in [-0.1, -0.05) is 38.0 Å². The highest BCUT2D eigenvalue weighted by molar-refractivity contribution is 7.92. The average Bonchev–Trinajstić information content (AvgIpc) is 2.66. The minimum Gasteiger partial charge on any atom is -0.272 e. The van der Waals surface area contributed by atoms with Crippen LogP contribution in [0.3, 0.4) is 0 Å². The molecule has 0 aliphatic heterocycles. The van der Waals surface area contributed by atoms with Crippen LogP contribution in [0.25, 0.3) is 10.8 Å². The summed E-state index contributed by atoms with van der Waals surface area (Å²) in [6.07, 6.45) is 2.13. The number of hydrogen-bond donors (Lipinski definition) is 2. The molecule has 0 bridgehead atoms. The number of benzene rings is 1. The number of carbonyl (C=O) groups is 2. The number of fused-ring (bicyclic) bond motifs is 1. The fourth-order valence-corrected chi connectivity index (χ4v) is 4.05. The van der Waals surface area contributed by atoms with Crippen LogP contribution in [0.15, 0.2) is 29.1 Å². The molecule has 0 spiro atoms.